The smallest absolute Gasteiger partial charge is 0.0724 e. The molecular weight excluding hydrogens is 196 g/mol. The molecule has 0 aromatic heterocycles. The van der Waals surface area contributed by atoms with E-state index in [-0.39, 0.29) is 5.92 Å². The van der Waals surface area contributed by atoms with Crippen molar-refractivity contribution in [3.05, 3.63) is 35.9 Å². The Bertz CT molecular complexity index is 322. The van der Waals surface area contributed by atoms with E-state index in [1.165, 1.54) is 0 Å². The molecular formula is C14H20N2. The van der Waals surface area contributed by atoms with Gasteiger partial charge in [0.1, 0.15) is 0 Å². The zero-order valence-corrected chi connectivity index (χ0v) is 10.2. The minimum atomic E-state index is 0.0294. The molecule has 0 bridgehead atoms. The van der Waals surface area contributed by atoms with Gasteiger partial charge >= 0.3 is 0 Å². The van der Waals surface area contributed by atoms with Gasteiger partial charge in [-0.3, -0.25) is 0 Å². The number of nitriles is 1. The van der Waals surface area contributed by atoms with Crippen LogP contribution in [0.4, 0.5) is 0 Å². The quantitative estimate of drug-likeness (QED) is 0.731. The first-order valence-corrected chi connectivity index (χ1v) is 5.98. The molecule has 0 saturated heterocycles. The molecule has 0 aliphatic heterocycles. The molecule has 0 unspecified atom stereocenters. The zero-order chi connectivity index (χ0) is 11.8. The fourth-order valence-electron chi connectivity index (χ4n) is 1.84. The Kier molecular flexibility index (Phi) is 5.60. The summed E-state index contributed by atoms with van der Waals surface area (Å²) >= 11 is 0. The van der Waals surface area contributed by atoms with E-state index >= 15 is 0 Å². The first kappa shape index (κ1) is 12.7. The molecule has 0 aliphatic carbocycles. The lowest BCUT2D eigenvalue weighted by molar-refractivity contribution is 0.296. The summed E-state index contributed by atoms with van der Waals surface area (Å²) in [5.41, 5.74) is 1.14. The van der Waals surface area contributed by atoms with E-state index in [1.807, 2.05) is 30.3 Å². The summed E-state index contributed by atoms with van der Waals surface area (Å²) in [6.45, 7) is 7.44. The normalized spacial score (nSPS) is 12.4. The number of hydrogen-bond acceptors (Lipinski definition) is 2. The van der Waals surface area contributed by atoms with Crippen molar-refractivity contribution in [3.8, 4) is 6.07 Å². The maximum absolute atomic E-state index is 9.17. The Morgan fingerprint density at radius 1 is 1.19 bits per heavy atom. The standard InChI is InChI=1S/C14H20N2/c1-3-16(4-2)11-10-14(12-15)13-8-6-5-7-9-13/h5-9,14H,3-4,10-11H2,1-2H3/t14-/m0/s1. The van der Waals surface area contributed by atoms with Crippen LogP contribution in [0.3, 0.4) is 0 Å². The first-order valence-electron chi connectivity index (χ1n) is 5.98. The van der Waals surface area contributed by atoms with E-state index in [0.717, 1.165) is 31.6 Å². The van der Waals surface area contributed by atoms with Crippen molar-refractivity contribution in [2.45, 2.75) is 26.2 Å². The molecule has 1 aromatic rings. The average Bonchev–Trinajstić information content (AvgIpc) is 2.36. The molecule has 16 heavy (non-hydrogen) atoms. The molecule has 2 heteroatoms. The molecule has 0 amide bonds. The van der Waals surface area contributed by atoms with Gasteiger partial charge < -0.3 is 4.90 Å². The van der Waals surface area contributed by atoms with Crippen LogP contribution in [0.15, 0.2) is 30.3 Å². The summed E-state index contributed by atoms with van der Waals surface area (Å²) in [6.07, 6.45) is 0.919. The van der Waals surface area contributed by atoms with Crippen molar-refractivity contribution >= 4 is 0 Å². The van der Waals surface area contributed by atoms with Gasteiger partial charge in [-0.15, -0.1) is 0 Å². The fourth-order valence-corrected chi connectivity index (χ4v) is 1.84. The highest BCUT2D eigenvalue weighted by atomic mass is 15.1. The topological polar surface area (TPSA) is 27.0 Å². The molecule has 0 fully saturated rings. The number of nitrogens with zero attached hydrogens (tertiary/aromatic N) is 2. The molecule has 0 radical (unpaired) electrons. The van der Waals surface area contributed by atoms with Crippen LogP contribution in [0.5, 0.6) is 0 Å². The van der Waals surface area contributed by atoms with Gasteiger partial charge in [-0.1, -0.05) is 44.2 Å². The van der Waals surface area contributed by atoms with Crippen molar-refractivity contribution in [1.82, 2.24) is 4.90 Å². The molecule has 2 nitrogen and oxygen atoms in total. The Balaban J connectivity index is 2.54. The third-order valence-corrected chi connectivity index (χ3v) is 2.99. The molecule has 86 valence electrons. The third-order valence-electron chi connectivity index (χ3n) is 2.99. The molecule has 1 atom stereocenters. The molecule has 1 rings (SSSR count). The van der Waals surface area contributed by atoms with Crippen LogP contribution in [0.2, 0.25) is 0 Å². The van der Waals surface area contributed by atoms with Crippen LogP contribution in [-0.2, 0) is 0 Å². The summed E-state index contributed by atoms with van der Waals surface area (Å²) < 4.78 is 0. The maximum Gasteiger partial charge on any atom is 0.0724 e. The molecule has 0 aliphatic rings. The van der Waals surface area contributed by atoms with Crippen LogP contribution in [0.25, 0.3) is 0 Å². The third kappa shape index (κ3) is 3.67. The zero-order valence-electron chi connectivity index (χ0n) is 10.2. The van der Waals surface area contributed by atoms with E-state index in [4.69, 9.17) is 5.26 Å². The van der Waals surface area contributed by atoms with E-state index in [2.05, 4.69) is 24.8 Å². The predicted octanol–water partition coefficient (Wildman–Crippen LogP) is 3.03. The van der Waals surface area contributed by atoms with E-state index in [9.17, 15) is 0 Å². The second-order valence-electron chi connectivity index (χ2n) is 3.91. The monoisotopic (exact) mass is 216 g/mol. The lowest BCUT2D eigenvalue weighted by Crippen LogP contribution is -2.25. The SMILES string of the molecule is CCN(CC)CC[C@@H](C#N)c1ccccc1. The number of rotatable bonds is 6. The van der Waals surface area contributed by atoms with Crippen LogP contribution in [0, 0.1) is 11.3 Å². The maximum atomic E-state index is 9.17. The highest BCUT2D eigenvalue weighted by molar-refractivity contribution is 5.24. The van der Waals surface area contributed by atoms with E-state index in [1.54, 1.807) is 0 Å². The number of hydrogen-bond donors (Lipinski definition) is 0. The van der Waals surface area contributed by atoms with Gasteiger partial charge in [-0.25, -0.2) is 0 Å². The van der Waals surface area contributed by atoms with Crippen LogP contribution >= 0.6 is 0 Å². The Morgan fingerprint density at radius 2 is 1.81 bits per heavy atom. The van der Waals surface area contributed by atoms with Gasteiger partial charge in [0.25, 0.3) is 0 Å². The van der Waals surface area contributed by atoms with Crippen molar-refractivity contribution in [3.63, 3.8) is 0 Å². The second kappa shape index (κ2) is 7.03. The van der Waals surface area contributed by atoms with Crippen molar-refractivity contribution in [2.75, 3.05) is 19.6 Å². The van der Waals surface area contributed by atoms with Crippen molar-refractivity contribution in [1.29, 1.82) is 5.26 Å². The van der Waals surface area contributed by atoms with Crippen molar-refractivity contribution < 1.29 is 0 Å². The van der Waals surface area contributed by atoms with Gasteiger partial charge in [0.15, 0.2) is 0 Å². The van der Waals surface area contributed by atoms with Gasteiger partial charge in [-0.2, -0.15) is 5.26 Å². The van der Waals surface area contributed by atoms with Crippen molar-refractivity contribution in [2.24, 2.45) is 0 Å². The summed E-state index contributed by atoms with van der Waals surface area (Å²) in [5, 5.41) is 9.17. The molecule has 1 aromatic carbocycles. The Labute approximate surface area is 98.5 Å². The minimum Gasteiger partial charge on any atom is -0.304 e. The lowest BCUT2D eigenvalue weighted by atomic mass is 9.97. The van der Waals surface area contributed by atoms with E-state index in [0.29, 0.717) is 0 Å². The summed E-state index contributed by atoms with van der Waals surface area (Å²) in [7, 11) is 0. The first-order chi connectivity index (χ1) is 7.81. The lowest BCUT2D eigenvalue weighted by Gasteiger charge is -2.19. The Morgan fingerprint density at radius 3 is 2.31 bits per heavy atom. The summed E-state index contributed by atoms with van der Waals surface area (Å²) in [6, 6.07) is 12.5. The Hall–Kier alpha value is -1.33. The van der Waals surface area contributed by atoms with Gasteiger partial charge in [0.05, 0.1) is 12.0 Å². The van der Waals surface area contributed by atoms with Gasteiger partial charge in [-0.05, 0) is 31.6 Å². The minimum absolute atomic E-state index is 0.0294. The average molecular weight is 216 g/mol. The molecule has 0 heterocycles. The largest absolute Gasteiger partial charge is 0.304 e. The van der Waals surface area contributed by atoms with Crippen LogP contribution in [0.1, 0.15) is 31.7 Å². The highest BCUT2D eigenvalue weighted by Crippen LogP contribution is 2.18. The van der Waals surface area contributed by atoms with Crippen LogP contribution < -0.4 is 0 Å². The molecule has 0 saturated carbocycles. The fraction of sp³-hybridized carbons (Fsp3) is 0.500. The van der Waals surface area contributed by atoms with Gasteiger partial charge in [0.2, 0.25) is 0 Å². The summed E-state index contributed by atoms with van der Waals surface area (Å²) in [4.78, 5) is 2.35. The molecule has 0 N–H and O–H groups in total. The summed E-state index contributed by atoms with van der Waals surface area (Å²) in [5.74, 6) is 0.0294. The highest BCUT2D eigenvalue weighted by Gasteiger charge is 2.11. The van der Waals surface area contributed by atoms with Gasteiger partial charge in [0, 0.05) is 0 Å². The number of benzene rings is 1. The predicted molar refractivity (Wildman–Crippen MR) is 67.2 cm³/mol. The van der Waals surface area contributed by atoms with E-state index < -0.39 is 0 Å². The second-order valence-corrected chi connectivity index (χ2v) is 3.91. The van der Waals surface area contributed by atoms with Crippen LogP contribution in [-0.4, -0.2) is 24.5 Å². The molecule has 0 spiro atoms.